The SMILES string of the molecule is NC(=O)c1cccc2c(-c3ccccc3)n(C3CCNCC3)nc12. The van der Waals surface area contributed by atoms with Crippen LogP contribution in [0.2, 0.25) is 0 Å². The zero-order valence-electron chi connectivity index (χ0n) is 13.4. The van der Waals surface area contributed by atoms with Crippen molar-refractivity contribution in [2.75, 3.05) is 13.1 Å². The van der Waals surface area contributed by atoms with Crippen molar-refractivity contribution >= 4 is 16.8 Å². The van der Waals surface area contributed by atoms with Crippen molar-refractivity contribution in [2.24, 2.45) is 5.73 Å². The predicted octanol–water partition coefficient (Wildman–Crippen LogP) is 2.73. The molecule has 122 valence electrons. The molecule has 0 saturated carbocycles. The summed E-state index contributed by atoms with van der Waals surface area (Å²) in [7, 11) is 0. The maximum Gasteiger partial charge on any atom is 0.250 e. The van der Waals surface area contributed by atoms with Gasteiger partial charge in [0.15, 0.2) is 0 Å². The molecule has 0 radical (unpaired) electrons. The maximum absolute atomic E-state index is 11.8. The van der Waals surface area contributed by atoms with E-state index in [0.29, 0.717) is 17.1 Å². The molecule has 2 heterocycles. The monoisotopic (exact) mass is 320 g/mol. The zero-order valence-corrected chi connectivity index (χ0v) is 13.4. The Balaban J connectivity index is 1.99. The Kier molecular flexibility index (Phi) is 3.78. The normalized spacial score (nSPS) is 15.7. The van der Waals surface area contributed by atoms with E-state index in [9.17, 15) is 4.79 Å². The first kappa shape index (κ1) is 14.9. The summed E-state index contributed by atoms with van der Waals surface area (Å²) in [6.45, 7) is 1.97. The molecule has 0 atom stereocenters. The topological polar surface area (TPSA) is 72.9 Å². The number of fused-ring (bicyclic) bond motifs is 1. The Morgan fingerprint density at radius 2 is 1.83 bits per heavy atom. The molecule has 1 amide bonds. The lowest BCUT2D eigenvalue weighted by molar-refractivity contribution is 0.100. The van der Waals surface area contributed by atoms with E-state index in [1.54, 1.807) is 6.07 Å². The van der Waals surface area contributed by atoms with Crippen LogP contribution in [-0.2, 0) is 0 Å². The number of hydrogen-bond donors (Lipinski definition) is 2. The van der Waals surface area contributed by atoms with Crippen molar-refractivity contribution in [3.05, 3.63) is 54.1 Å². The van der Waals surface area contributed by atoms with Crippen molar-refractivity contribution < 1.29 is 4.79 Å². The van der Waals surface area contributed by atoms with E-state index < -0.39 is 5.91 Å². The lowest BCUT2D eigenvalue weighted by Crippen LogP contribution is -2.30. The summed E-state index contributed by atoms with van der Waals surface area (Å²) in [6.07, 6.45) is 2.06. The summed E-state index contributed by atoms with van der Waals surface area (Å²) in [6, 6.07) is 16.2. The number of carbonyl (C=O) groups is 1. The molecule has 5 heteroatoms. The molecule has 0 unspecified atom stereocenters. The van der Waals surface area contributed by atoms with Gasteiger partial charge >= 0.3 is 0 Å². The Hall–Kier alpha value is -2.66. The number of aromatic nitrogens is 2. The van der Waals surface area contributed by atoms with Gasteiger partial charge in [-0.3, -0.25) is 9.48 Å². The number of nitrogens with one attached hydrogen (secondary N) is 1. The van der Waals surface area contributed by atoms with Crippen LogP contribution >= 0.6 is 0 Å². The Morgan fingerprint density at radius 3 is 2.54 bits per heavy atom. The molecule has 1 saturated heterocycles. The first-order valence-electron chi connectivity index (χ1n) is 8.33. The molecular weight excluding hydrogens is 300 g/mol. The summed E-state index contributed by atoms with van der Waals surface area (Å²) in [5, 5.41) is 9.20. The molecule has 2 aromatic carbocycles. The van der Waals surface area contributed by atoms with Crippen molar-refractivity contribution in [1.29, 1.82) is 0 Å². The van der Waals surface area contributed by atoms with E-state index in [4.69, 9.17) is 10.8 Å². The molecule has 24 heavy (non-hydrogen) atoms. The standard InChI is InChI=1S/C19H20N4O/c20-19(24)16-8-4-7-15-17(16)22-23(14-9-11-21-12-10-14)18(15)13-5-2-1-3-6-13/h1-8,14,21H,9-12H2,(H2,20,24). The van der Waals surface area contributed by atoms with Crippen molar-refractivity contribution in [3.8, 4) is 11.3 Å². The van der Waals surface area contributed by atoms with Crippen LogP contribution in [0.25, 0.3) is 22.2 Å². The number of primary amides is 1. The number of piperidine rings is 1. The van der Waals surface area contributed by atoms with Crippen molar-refractivity contribution in [2.45, 2.75) is 18.9 Å². The molecule has 1 aliphatic rings. The summed E-state index contributed by atoms with van der Waals surface area (Å²) in [4.78, 5) is 11.8. The maximum atomic E-state index is 11.8. The van der Waals surface area contributed by atoms with Crippen molar-refractivity contribution in [1.82, 2.24) is 15.1 Å². The Bertz CT molecular complexity index is 879. The fraction of sp³-hybridized carbons (Fsp3) is 0.263. The van der Waals surface area contributed by atoms with Crippen LogP contribution in [0.1, 0.15) is 29.2 Å². The lowest BCUT2D eigenvalue weighted by atomic mass is 10.0. The molecular formula is C19H20N4O. The fourth-order valence-corrected chi connectivity index (χ4v) is 3.52. The average Bonchev–Trinajstić information content (AvgIpc) is 3.02. The minimum Gasteiger partial charge on any atom is -0.366 e. The molecule has 0 bridgehead atoms. The number of carbonyl (C=O) groups excluding carboxylic acids is 1. The third-order valence-electron chi connectivity index (χ3n) is 4.70. The van der Waals surface area contributed by atoms with Crippen molar-refractivity contribution in [3.63, 3.8) is 0 Å². The van der Waals surface area contributed by atoms with Gasteiger partial charge in [0, 0.05) is 10.9 Å². The average molecular weight is 320 g/mol. The highest BCUT2D eigenvalue weighted by Gasteiger charge is 2.23. The number of hydrogen-bond acceptors (Lipinski definition) is 3. The van der Waals surface area contributed by atoms with Gasteiger partial charge in [0.05, 0.1) is 17.3 Å². The molecule has 1 aromatic heterocycles. The molecule has 1 fully saturated rings. The van der Waals surface area contributed by atoms with E-state index in [0.717, 1.165) is 42.6 Å². The molecule has 3 aromatic rings. The molecule has 4 rings (SSSR count). The van der Waals surface area contributed by atoms with Crippen LogP contribution in [-0.4, -0.2) is 28.8 Å². The van der Waals surface area contributed by atoms with E-state index in [-0.39, 0.29) is 0 Å². The third kappa shape index (κ3) is 2.47. The highest BCUT2D eigenvalue weighted by atomic mass is 16.1. The summed E-state index contributed by atoms with van der Waals surface area (Å²) in [5.41, 5.74) is 8.92. The van der Waals surface area contributed by atoms with Gasteiger partial charge in [0.1, 0.15) is 5.52 Å². The van der Waals surface area contributed by atoms with Gasteiger partial charge in [-0.25, -0.2) is 0 Å². The molecule has 3 N–H and O–H groups in total. The second-order valence-corrected chi connectivity index (χ2v) is 6.21. The summed E-state index contributed by atoms with van der Waals surface area (Å²) < 4.78 is 2.10. The van der Waals surface area contributed by atoms with E-state index in [1.807, 2.05) is 30.3 Å². The Labute approximate surface area is 140 Å². The predicted molar refractivity (Wildman–Crippen MR) is 94.8 cm³/mol. The number of amides is 1. The van der Waals surface area contributed by atoms with Crippen LogP contribution in [0.3, 0.4) is 0 Å². The minimum atomic E-state index is -0.435. The largest absolute Gasteiger partial charge is 0.366 e. The van der Waals surface area contributed by atoms with Crippen LogP contribution in [0, 0.1) is 0 Å². The minimum absolute atomic E-state index is 0.328. The molecule has 5 nitrogen and oxygen atoms in total. The van der Waals surface area contributed by atoms with Crippen LogP contribution in [0.4, 0.5) is 0 Å². The summed E-state index contributed by atoms with van der Waals surface area (Å²) in [5.74, 6) is -0.435. The molecule has 0 spiro atoms. The highest BCUT2D eigenvalue weighted by molar-refractivity contribution is 6.08. The van der Waals surface area contributed by atoms with Gasteiger partial charge in [-0.15, -0.1) is 0 Å². The number of benzene rings is 2. The smallest absolute Gasteiger partial charge is 0.250 e. The first-order valence-corrected chi connectivity index (χ1v) is 8.33. The molecule has 1 aliphatic heterocycles. The quantitative estimate of drug-likeness (QED) is 0.779. The van der Waals surface area contributed by atoms with Crippen LogP contribution in [0.15, 0.2) is 48.5 Å². The fourth-order valence-electron chi connectivity index (χ4n) is 3.52. The van der Waals surface area contributed by atoms with Gasteiger partial charge in [0.25, 0.3) is 5.91 Å². The number of rotatable bonds is 3. The van der Waals surface area contributed by atoms with E-state index in [1.165, 1.54) is 0 Å². The van der Waals surface area contributed by atoms with E-state index >= 15 is 0 Å². The lowest BCUT2D eigenvalue weighted by Gasteiger charge is -2.25. The van der Waals surface area contributed by atoms with E-state index in [2.05, 4.69) is 22.1 Å². The number of nitrogens with zero attached hydrogens (tertiary/aromatic N) is 2. The van der Waals surface area contributed by atoms with Gasteiger partial charge in [-0.1, -0.05) is 42.5 Å². The van der Waals surface area contributed by atoms with Crippen LogP contribution < -0.4 is 11.1 Å². The third-order valence-corrected chi connectivity index (χ3v) is 4.70. The highest BCUT2D eigenvalue weighted by Crippen LogP contribution is 2.34. The second kappa shape index (κ2) is 6.09. The number of nitrogens with two attached hydrogens (primary N) is 1. The second-order valence-electron chi connectivity index (χ2n) is 6.21. The van der Waals surface area contributed by atoms with Crippen LogP contribution in [0.5, 0.6) is 0 Å². The summed E-state index contributed by atoms with van der Waals surface area (Å²) >= 11 is 0. The zero-order chi connectivity index (χ0) is 16.5. The first-order chi connectivity index (χ1) is 11.8. The van der Waals surface area contributed by atoms with Gasteiger partial charge in [0.2, 0.25) is 0 Å². The van der Waals surface area contributed by atoms with Gasteiger partial charge < -0.3 is 11.1 Å². The van der Waals surface area contributed by atoms with Gasteiger partial charge in [-0.05, 0) is 32.0 Å². The van der Waals surface area contributed by atoms with Gasteiger partial charge in [-0.2, -0.15) is 5.10 Å². The Morgan fingerprint density at radius 1 is 1.08 bits per heavy atom. The molecule has 0 aliphatic carbocycles.